The van der Waals surface area contributed by atoms with E-state index in [0.29, 0.717) is 17.3 Å². The van der Waals surface area contributed by atoms with Crippen LogP contribution in [0.5, 0.6) is 5.75 Å². The van der Waals surface area contributed by atoms with Gasteiger partial charge >= 0.3 is 0 Å². The Bertz CT molecular complexity index is 606. The van der Waals surface area contributed by atoms with Crippen molar-refractivity contribution in [1.82, 2.24) is 9.97 Å². The molecule has 0 aliphatic heterocycles. The minimum Gasteiger partial charge on any atom is -0.491 e. The Kier molecular flexibility index (Phi) is 4.73. The molecule has 0 saturated carbocycles. The number of aromatic nitrogens is 2. The van der Waals surface area contributed by atoms with Gasteiger partial charge < -0.3 is 15.8 Å². The van der Waals surface area contributed by atoms with Crippen molar-refractivity contribution < 1.29 is 9.53 Å². The predicted molar refractivity (Wildman–Crippen MR) is 76.6 cm³/mol. The second-order valence-corrected chi connectivity index (χ2v) is 4.23. The van der Waals surface area contributed by atoms with E-state index in [4.69, 9.17) is 22.1 Å². The van der Waals surface area contributed by atoms with E-state index in [0.717, 1.165) is 0 Å². The second kappa shape index (κ2) is 6.72. The van der Waals surface area contributed by atoms with E-state index >= 15 is 0 Å². The highest BCUT2D eigenvalue weighted by molar-refractivity contribution is 6.28. The van der Waals surface area contributed by atoms with Crippen LogP contribution in [0.4, 0.5) is 11.5 Å². The van der Waals surface area contributed by atoms with E-state index in [9.17, 15) is 4.79 Å². The number of nitrogens with one attached hydrogen (secondary N) is 1. The number of nitrogens with two attached hydrogens (primary N) is 1. The van der Waals surface area contributed by atoms with Crippen LogP contribution >= 0.6 is 11.6 Å². The second-order valence-electron chi connectivity index (χ2n) is 3.90. The highest BCUT2D eigenvalue weighted by Crippen LogP contribution is 2.19. The van der Waals surface area contributed by atoms with E-state index in [2.05, 4.69) is 15.3 Å². The molecule has 0 aliphatic rings. The zero-order chi connectivity index (χ0) is 14.4. The lowest BCUT2D eigenvalue weighted by atomic mass is 10.3. The van der Waals surface area contributed by atoms with Crippen LogP contribution in [-0.2, 0) is 4.79 Å². The molecule has 3 N–H and O–H groups in total. The fourth-order valence-corrected chi connectivity index (χ4v) is 1.62. The van der Waals surface area contributed by atoms with Gasteiger partial charge in [-0.1, -0.05) is 12.1 Å². The number of anilines is 2. The van der Waals surface area contributed by atoms with Crippen LogP contribution in [0.25, 0.3) is 0 Å². The molecule has 1 aromatic heterocycles. The Morgan fingerprint density at radius 2 is 2.15 bits per heavy atom. The van der Waals surface area contributed by atoms with Gasteiger partial charge in [0.15, 0.2) is 0 Å². The Morgan fingerprint density at radius 1 is 1.35 bits per heavy atom. The molecular formula is C13H13ClN4O2. The van der Waals surface area contributed by atoms with Gasteiger partial charge in [0.2, 0.25) is 11.2 Å². The summed E-state index contributed by atoms with van der Waals surface area (Å²) in [5.74, 6) is 0.689. The number of para-hydroxylation sites is 2. The van der Waals surface area contributed by atoms with Crippen LogP contribution in [0.1, 0.15) is 6.42 Å². The van der Waals surface area contributed by atoms with Gasteiger partial charge in [0, 0.05) is 6.20 Å². The predicted octanol–water partition coefficient (Wildman–Crippen LogP) is 2.12. The number of nitrogen functional groups attached to an aromatic ring is 1. The van der Waals surface area contributed by atoms with Gasteiger partial charge in [-0.3, -0.25) is 4.79 Å². The van der Waals surface area contributed by atoms with Crippen LogP contribution in [0, 0.1) is 0 Å². The zero-order valence-corrected chi connectivity index (χ0v) is 11.3. The molecule has 1 amide bonds. The Hall–Kier alpha value is -2.34. The standard InChI is InChI=1S/C13H13ClN4O2/c14-13-16-7-5-11(18-13)17-12(19)6-8-20-10-4-2-1-3-9(10)15/h1-5,7H,6,8,15H2,(H,16,17,18,19). The van der Waals surface area contributed by atoms with Crippen molar-refractivity contribution in [2.75, 3.05) is 17.7 Å². The summed E-state index contributed by atoms with van der Waals surface area (Å²) in [5, 5.41) is 2.68. The van der Waals surface area contributed by atoms with Crippen LogP contribution in [0.15, 0.2) is 36.5 Å². The number of rotatable bonds is 5. The molecule has 2 aromatic rings. The lowest BCUT2D eigenvalue weighted by Gasteiger charge is -2.08. The Balaban J connectivity index is 1.80. The first kappa shape index (κ1) is 14.1. The number of nitrogens with zero attached hydrogens (tertiary/aromatic N) is 2. The first-order valence-corrected chi connectivity index (χ1v) is 6.28. The number of carbonyl (C=O) groups excluding carboxylic acids is 1. The summed E-state index contributed by atoms with van der Waals surface area (Å²) in [6, 6.07) is 8.66. The normalized spacial score (nSPS) is 10.1. The third-order valence-electron chi connectivity index (χ3n) is 2.40. The smallest absolute Gasteiger partial charge is 0.228 e. The molecule has 0 atom stereocenters. The van der Waals surface area contributed by atoms with Gasteiger partial charge in [0.1, 0.15) is 11.6 Å². The average molecular weight is 293 g/mol. The Morgan fingerprint density at radius 3 is 2.90 bits per heavy atom. The van der Waals surface area contributed by atoms with E-state index in [1.165, 1.54) is 6.20 Å². The van der Waals surface area contributed by atoms with Gasteiger partial charge in [0.25, 0.3) is 0 Å². The minimum atomic E-state index is -0.228. The first-order chi connectivity index (χ1) is 9.65. The maximum absolute atomic E-state index is 11.7. The van der Waals surface area contributed by atoms with E-state index in [-0.39, 0.29) is 24.2 Å². The quantitative estimate of drug-likeness (QED) is 0.651. The third-order valence-corrected chi connectivity index (χ3v) is 2.58. The molecule has 0 bridgehead atoms. The van der Waals surface area contributed by atoms with Gasteiger partial charge in [-0.15, -0.1) is 0 Å². The minimum absolute atomic E-state index is 0.0797. The summed E-state index contributed by atoms with van der Waals surface area (Å²) >= 11 is 5.62. The zero-order valence-electron chi connectivity index (χ0n) is 10.5. The molecule has 0 spiro atoms. The SMILES string of the molecule is Nc1ccccc1OCCC(=O)Nc1ccnc(Cl)n1. The molecule has 0 aliphatic carbocycles. The molecule has 0 saturated heterocycles. The molecule has 6 nitrogen and oxygen atoms in total. The average Bonchev–Trinajstić information content (AvgIpc) is 2.41. The third kappa shape index (κ3) is 4.10. The maximum atomic E-state index is 11.7. The number of amides is 1. The molecule has 7 heteroatoms. The number of hydrogen-bond acceptors (Lipinski definition) is 5. The summed E-state index contributed by atoms with van der Waals surface area (Å²) in [7, 11) is 0. The molecule has 20 heavy (non-hydrogen) atoms. The van der Waals surface area contributed by atoms with E-state index in [1.807, 2.05) is 12.1 Å². The van der Waals surface area contributed by atoms with Gasteiger partial charge in [-0.05, 0) is 29.8 Å². The van der Waals surface area contributed by atoms with Crippen molar-refractivity contribution in [3.63, 3.8) is 0 Å². The lowest BCUT2D eigenvalue weighted by Crippen LogP contribution is -2.16. The molecule has 1 aromatic carbocycles. The maximum Gasteiger partial charge on any atom is 0.228 e. The summed E-state index contributed by atoms with van der Waals surface area (Å²) < 4.78 is 5.42. The molecule has 2 rings (SSSR count). The number of carbonyl (C=O) groups is 1. The van der Waals surface area contributed by atoms with Gasteiger partial charge in [-0.25, -0.2) is 9.97 Å². The highest BCUT2D eigenvalue weighted by Gasteiger charge is 2.05. The van der Waals surface area contributed by atoms with Gasteiger partial charge in [0.05, 0.1) is 18.7 Å². The van der Waals surface area contributed by atoms with E-state index in [1.54, 1.807) is 18.2 Å². The molecule has 0 unspecified atom stereocenters. The van der Waals surface area contributed by atoms with Crippen molar-refractivity contribution in [2.45, 2.75) is 6.42 Å². The van der Waals surface area contributed by atoms with Crippen molar-refractivity contribution in [1.29, 1.82) is 0 Å². The number of hydrogen-bond donors (Lipinski definition) is 2. The van der Waals surface area contributed by atoms with Crippen LogP contribution in [-0.4, -0.2) is 22.5 Å². The Labute approximate surface area is 120 Å². The van der Waals surface area contributed by atoms with Crippen LogP contribution < -0.4 is 15.8 Å². The molecular weight excluding hydrogens is 280 g/mol. The van der Waals surface area contributed by atoms with Crippen molar-refractivity contribution in [3.05, 3.63) is 41.8 Å². The molecule has 0 fully saturated rings. The highest BCUT2D eigenvalue weighted by atomic mass is 35.5. The molecule has 0 radical (unpaired) electrons. The van der Waals surface area contributed by atoms with E-state index < -0.39 is 0 Å². The fraction of sp³-hybridized carbons (Fsp3) is 0.154. The largest absolute Gasteiger partial charge is 0.491 e. The van der Waals surface area contributed by atoms with Crippen molar-refractivity contribution in [2.24, 2.45) is 0 Å². The topological polar surface area (TPSA) is 90.1 Å². The van der Waals surface area contributed by atoms with Crippen molar-refractivity contribution in [3.8, 4) is 5.75 Å². The molecule has 104 valence electrons. The lowest BCUT2D eigenvalue weighted by molar-refractivity contribution is -0.116. The summed E-state index contributed by atoms with van der Waals surface area (Å²) in [5.41, 5.74) is 6.26. The van der Waals surface area contributed by atoms with Crippen LogP contribution in [0.2, 0.25) is 5.28 Å². The number of benzene rings is 1. The number of halogens is 1. The molecule has 1 heterocycles. The first-order valence-electron chi connectivity index (χ1n) is 5.91. The van der Waals surface area contributed by atoms with Crippen LogP contribution in [0.3, 0.4) is 0 Å². The van der Waals surface area contributed by atoms with Crippen molar-refractivity contribution >= 4 is 29.0 Å². The summed E-state index contributed by atoms with van der Waals surface area (Å²) in [6.45, 7) is 0.221. The summed E-state index contributed by atoms with van der Waals surface area (Å²) in [4.78, 5) is 19.3. The monoisotopic (exact) mass is 292 g/mol. The fourth-order valence-electron chi connectivity index (χ4n) is 1.48. The van der Waals surface area contributed by atoms with Gasteiger partial charge in [-0.2, -0.15) is 0 Å². The summed E-state index contributed by atoms with van der Waals surface area (Å²) in [6.07, 6.45) is 1.64. The number of ether oxygens (including phenoxy) is 1.